The van der Waals surface area contributed by atoms with Gasteiger partial charge in [-0.1, -0.05) is 0 Å². The van der Waals surface area contributed by atoms with Gasteiger partial charge in [-0.05, 0) is 40.9 Å². The van der Waals surface area contributed by atoms with E-state index in [1.807, 2.05) is 4.90 Å². The molecule has 17 heavy (non-hydrogen) atoms. The standard InChI is InChI=1S/C12H13BrFNO2/c1-17-12(16)8-6-10(14)11(7-9(8)13)15-4-2-3-5-15/h6-7H,2-5H2,1H3. The normalized spacial score (nSPS) is 15.1. The Bertz CT molecular complexity index is 444. The summed E-state index contributed by atoms with van der Waals surface area (Å²) in [7, 11) is 1.28. The highest BCUT2D eigenvalue weighted by Gasteiger charge is 2.20. The van der Waals surface area contributed by atoms with Crippen molar-refractivity contribution in [1.29, 1.82) is 0 Å². The molecule has 0 bridgehead atoms. The molecule has 0 radical (unpaired) electrons. The van der Waals surface area contributed by atoms with E-state index in [0.29, 0.717) is 10.2 Å². The molecule has 1 saturated heterocycles. The van der Waals surface area contributed by atoms with E-state index in [2.05, 4.69) is 20.7 Å². The van der Waals surface area contributed by atoms with Crippen LogP contribution in [0.5, 0.6) is 0 Å². The third-order valence-corrected chi connectivity index (χ3v) is 3.54. The summed E-state index contributed by atoms with van der Waals surface area (Å²) in [5, 5.41) is 0. The van der Waals surface area contributed by atoms with Crippen LogP contribution in [0.1, 0.15) is 23.2 Å². The minimum Gasteiger partial charge on any atom is -0.465 e. The summed E-state index contributed by atoms with van der Waals surface area (Å²) >= 11 is 3.28. The van der Waals surface area contributed by atoms with E-state index in [-0.39, 0.29) is 11.4 Å². The van der Waals surface area contributed by atoms with Crippen molar-refractivity contribution in [1.82, 2.24) is 0 Å². The van der Waals surface area contributed by atoms with E-state index in [0.717, 1.165) is 25.9 Å². The molecular weight excluding hydrogens is 289 g/mol. The Morgan fingerprint density at radius 3 is 2.65 bits per heavy atom. The SMILES string of the molecule is COC(=O)c1cc(F)c(N2CCCC2)cc1Br. The van der Waals surface area contributed by atoms with E-state index in [1.165, 1.54) is 13.2 Å². The highest BCUT2D eigenvalue weighted by Crippen LogP contribution is 2.30. The number of benzene rings is 1. The van der Waals surface area contributed by atoms with E-state index in [4.69, 9.17) is 0 Å². The van der Waals surface area contributed by atoms with Crippen LogP contribution in [0.3, 0.4) is 0 Å². The predicted molar refractivity (Wildman–Crippen MR) is 66.9 cm³/mol. The molecule has 1 fully saturated rings. The maximum absolute atomic E-state index is 13.9. The number of hydrogen-bond donors (Lipinski definition) is 0. The lowest BCUT2D eigenvalue weighted by Crippen LogP contribution is -2.19. The summed E-state index contributed by atoms with van der Waals surface area (Å²) in [6, 6.07) is 2.87. The van der Waals surface area contributed by atoms with Crippen LogP contribution in [0.4, 0.5) is 10.1 Å². The molecule has 0 N–H and O–H groups in total. The minimum atomic E-state index is -0.538. The van der Waals surface area contributed by atoms with Crippen molar-refractivity contribution in [2.24, 2.45) is 0 Å². The zero-order valence-electron chi connectivity index (χ0n) is 9.50. The number of ether oxygens (including phenoxy) is 1. The van der Waals surface area contributed by atoms with Gasteiger partial charge in [-0.3, -0.25) is 0 Å². The average Bonchev–Trinajstić information content (AvgIpc) is 2.84. The summed E-state index contributed by atoms with van der Waals surface area (Å²) in [4.78, 5) is 13.4. The molecule has 2 rings (SSSR count). The summed E-state index contributed by atoms with van der Waals surface area (Å²) in [6.07, 6.45) is 2.16. The molecular formula is C12H13BrFNO2. The molecule has 3 nitrogen and oxygen atoms in total. The van der Waals surface area contributed by atoms with Crippen molar-refractivity contribution in [3.63, 3.8) is 0 Å². The first-order valence-electron chi connectivity index (χ1n) is 5.46. The van der Waals surface area contributed by atoms with Gasteiger partial charge in [-0.15, -0.1) is 0 Å². The average molecular weight is 302 g/mol. The van der Waals surface area contributed by atoms with Crippen LogP contribution in [0.25, 0.3) is 0 Å². The molecule has 0 aromatic heterocycles. The molecule has 1 aromatic carbocycles. The van der Waals surface area contributed by atoms with Gasteiger partial charge in [-0.25, -0.2) is 9.18 Å². The van der Waals surface area contributed by atoms with E-state index >= 15 is 0 Å². The van der Waals surface area contributed by atoms with Gasteiger partial charge in [0.15, 0.2) is 0 Å². The molecule has 1 aromatic rings. The Kier molecular flexibility index (Phi) is 3.66. The Hall–Kier alpha value is -1.10. The van der Waals surface area contributed by atoms with Crippen LogP contribution in [0, 0.1) is 5.82 Å². The van der Waals surface area contributed by atoms with Crippen molar-refractivity contribution in [2.45, 2.75) is 12.8 Å². The molecule has 0 aliphatic carbocycles. The number of esters is 1. The summed E-state index contributed by atoms with van der Waals surface area (Å²) < 4.78 is 19.1. The number of rotatable bonds is 2. The number of carbonyl (C=O) groups is 1. The largest absolute Gasteiger partial charge is 0.465 e. The Morgan fingerprint density at radius 1 is 1.41 bits per heavy atom. The maximum atomic E-state index is 13.9. The molecule has 5 heteroatoms. The van der Waals surface area contributed by atoms with Crippen molar-refractivity contribution >= 4 is 27.6 Å². The lowest BCUT2D eigenvalue weighted by atomic mass is 10.2. The van der Waals surface area contributed by atoms with Gasteiger partial charge in [-0.2, -0.15) is 0 Å². The molecule has 0 atom stereocenters. The first-order chi connectivity index (χ1) is 8.13. The third-order valence-electron chi connectivity index (χ3n) is 2.89. The Balaban J connectivity index is 2.37. The van der Waals surface area contributed by atoms with Crippen molar-refractivity contribution in [3.05, 3.63) is 28.0 Å². The number of nitrogens with zero attached hydrogens (tertiary/aromatic N) is 1. The molecule has 1 aliphatic rings. The highest BCUT2D eigenvalue weighted by molar-refractivity contribution is 9.10. The number of methoxy groups -OCH3 is 1. The van der Waals surface area contributed by atoms with Crippen LogP contribution in [-0.2, 0) is 4.74 Å². The fraction of sp³-hybridized carbons (Fsp3) is 0.417. The highest BCUT2D eigenvalue weighted by atomic mass is 79.9. The van der Waals surface area contributed by atoms with Crippen molar-refractivity contribution in [2.75, 3.05) is 25.1 Å². The van der Waals surface area contributed by atoms with Crippen LogP contribution in [0.2, 0.25) is 0 Å². The number of halogens is 2. The van der Waals surface area contributed by atoms with Crippen LogP contribution in [0.15, 0.2) is 16.6 Å². The maximum Gasteiger partial charge on any atom is 0.339 e. The summed E-state index contributed by atoms with van der Waals surface area (Å²) in [5.41, 5.74) is 0.759. The molecule has 1 aliphatic heterocycles. The van der Waals surface area contributed by atoms with E-state index in [9.17, 15) is 9.18 Å². The first-order valence-corrected chi connectivity index (χ1v) is 6.25. The smallest absolute Gasteiger partial charge is 0.339 e. The van der Waals surface area contributed by atoms with Crippen LogP contribution in [-0.4, -0.2) is 26.2 Å². The Labute approximate surface area is 108 Å². The minimum absolute atomic E-state index is 0.216. The second-order valence-electron chi connectivity index (χ2n) is 3.97. The van der Waals surface area contributed by atoms with Gasteiger partial charge < -0.3 is 9.64 Å². The topological polar surface area (TPSA) is 29.5 Å². The van der Waals surface area contributed by atoms with Gasteiger partial charge in [0.25, 0.3) is 0 Å². The summed E-state index contributed by atoms with van der Waals surface area (Å²) in [6.45, 7) is 1.72. The van der Waals surface area contributed by atoms with Gasteiger partial charge in [0.1, 0.15) is 5.82 Å². The van der Waals surface area contributed by atoms with Gasteiger partial charge in [0.05, 0.1) is 18.4 Å². The molecule has 0 spiro atoms. The number of hydrogen-bond acceptors (Lipinski definition) is 3. The second kappa shape index (κ2) is 5.04. The molecule has 0 unspecified atom stereocenters. The first kappa shape index (κ1) is 12.4. The predicted octanol–water partition coefficient (Wildman–Crippen LogP) is 2.98. The van der Waals surface area contributed by atoms with Crippen molar-refractivity contribution < 1.29 is 13.9 Å². The molecule has 92 valence electrons. The lowest BCUT2D eigenvalue weighted by molar-refractivity contribution is 0.0599. The third kappa shape index (κ3) is 2.44. The van der Waals surface area contributed by atoms with Gasteiger partial charge in [0.2, 0.25) is 0 Å². The quantitative estimate of drug-likeness (QED) is 0.787. The number of carbonyl (C=O) groups excluding carboxylic acids is 1. The number of anilines is 1. The van der Waals surface area contributed by atoms with Gasteiger partial charge in [0, 0.05) is 17.6 Å². The fourth-order valence-electron chi connectivity index (χ4n) is 2.00. The second-order valence-corrected chi connectivity index (χ2v) is 4.82. The zero-order valence-corrected chi connectivity index (χ0v) is 11.1. The monoisotopic (exact) mass is 301 g/mol. The van der Waals surface area contributed by atoms with Crippen LogP contribution < -0.4 is 4.90 Å². The molecule has 1 heterocycles. The van der Waals surface area contributed by atoms with Gasteiger partial charge >= 0.3 is 5.97 Å². The van der Waals surface area contributed by atoms with E-state index in [1.54, 1.807) is 6.07 Å². The summed E-state index contributed by atoms with van der Waals surface area (Å²) in [5.74, 6) is -0.917. The lowest BCUT2D eigenvalue weighted by Gasteiger charge is -2.19. The Morgan fingerprint density at radius 2 is 2.06 bits per heavy atom. The molecule has 0 saturated carbocycles. The zero-order chi connectivity index (χ0) is 12.4. The van der Waals surface area contributed by atoms with E-state index < -0.39 is 5.97 Å². The van der Waals surface area contributed by atoms with Crippen molar-refractivity contribution in [3.8, 4) is 0 Å². The molecule has 0 amide bonds. The van der Waals surface area contributed by atoms with Crippen LogP contribution >= 0.6 is 15.9 Å². The fourth-order valence-corrected chi connectivity index (χ4v) is 2.50.